The Bertz CT molecular complexity index is 895. The molecule has 1 aromatic heterocycles. The van der Waals surface area contributed by atoms with Crippen LogP contribution in [0.2, 0.25) is 0 Å². The summed E-state index contributed by atoms with van der Waals surface area (Å²) in [6.45, 7) is 1.95. The molecule has 0 saturated heterocycles. The van der Waals surface area contributed by atoms with Gasteiger partial charge >= 0.3 is 0 Å². The Kier molecular flexibility index (Phi) is 5.93. The number of nitrogen functional groups attached to an aromatic ring is 2. The number of nitrogens with two attached hydrogens (primary N) is 2. The van der Waals surface area contributed by atoms with Crippen LogP contribution in [0.1, 0.15) is 18.5 Å². The van der Waals surface area contributed by atoms with E-state index in [-0.39, 0.29) is 29.3 Å². The van der Waals surface area contributed by atoms with Gasteiger partial charge in [-0.2, -0.15) is 0 Å². The number of carbonyl (C=O) groups is 1. The van der Waals surface area contributed by atoms with Gasteiger partial charge in [0.05, 0.1) is 11.8 Å². The van der Waals surface area contributed by atoms with Crippen LogP contribution in [0.5, 0.6) is 0 Å². The maximum atomic E-state index is 12.2. The fourth-order valence-corrected chi connectivity index (χ4v) is 3.30. The molecule has 3 rings (SSSR count). The minimum absolute atomic E-state index is 0.102. The SMILES string of the molecule is C[C@@H](NC(=O)CSc1nc(N)cc(N)n1)c1ccc(-c2ccccc2)cc1. The van der Waals surface area contributed by atoms with Crippen LogP contribution >= 0.6 is 11.8 Å². The second kappa shape index (κ2) is 8.55. The average Bonchev–Trinajstić information content (AvgIpc) is 2.66. The maximum absolute atomic E-state index is 12.2. The molecule has 0 spiro atoms. The molecular formula is C20H21N5OS. The van der Waals surface area contributed by atoms with E-state index >= 15 is 0 Å². The van der Waals surface area contributed by atoms with Crippen LogP contribution in [-0.2, 0) is 4.79 Å². The minimum atomic E-state index is -0.107. The van der Waals surface area contributed by atoms with Gasteiger partial charge < -0.3 is 16.8 Å². The maximum Gasteiger partial charge on any atom is 0.230 e. The highest BCUT2D eigenvalue weighted by Crippen LogP contribution is 2.22. The normalized spacial score (nSPS) is 11.7. The molecule has 0 saturated carbocycles. The van der Waals surface area contributed by atoms with Gasteiger partial charge in [0.15, 0.2) is 5.16 Å². The first kappa shape index (κ1) is 18.7. The van der Waals surface area contributed by atoms with Crippen LogP contribution in [-0.4, -0.2) is 21.6 Å². The molecule has 7 heteroatoms. The lowest BCUT2D eigenvalue weighted by atomic mass is 10.0. The van der Waals surface area contributed by atoms with E-state index in [1.54, 1.807) is 0 Å². The van der Waals surface area contributed by atoms with E-state index in [2.05, 4.69) is 39.6 Å². The predicted molar refractivity (Wildman–Crippen MR) is 110 cm³/mol. The number of aromatic nitrogens is 2. The van der Waals surface area contributed by atoms with E-state index in [0.29, 0.717) is 5.16 Å². The lowest BCUT2D eigenvalue weighted by Crippen LogP contribution is -2.28. The van der Waals surface area contributed by atoms with Crippen LogP contribution in [0.15, 0.2) is 65.8 Å². The van der Waals surface area contributed by atoms with Crippen molar-refractivity contribution >= 4 is 29.3 Å². The highest BCUT2D eigenvalue weighted by atomic mass is 32.2. The summed E-state index contributed by atoms with van der Waals surface area (Å²) in [5.74, 6) is 0.661. The third kappa shape index (κ3) is 5.21. The van der Waals surface area contributed by atoms with Gasteiger partial charge in [0, 0.05) is 6.07 Å². The summed E-state index contributed by atoms with van der Waals surface area (Å²) in [4.78, 5) is 20.3. The zero-order valence-electron chi connectivity index (χ0n) is 14.9. The summed E-state index contributed by atoms with van der Waals surface area (Å²) in [6, 6.07) is 19.7. The Morgan fingerprint density at radius 1 is 1.00 bits per heavy atom. The van der Waals surface area contributed by atoms with Crippen molar-refractivity contribution < 1.29 is 4.79 Å². The lowest BCUT2D eigenvalue weighted by Gasteiger charge is -2.15. The number of rotatable bonds is 6. The molecule has 0 radical (unpaired) electrons. The Balaban J connectivity index is 1.56. The number of anilines is 2. The smallest absolute Gasteiger partial charge is 0.230 e. The van der Waals surface area contributed by atoms with E-state index in [9.17, 15) is 4.79 Å². The highest BCUT2D eigenvalue weighted by Gasteiger charge is 2.11. The van der Waals surface area contributed by atoms with Gasteiger partial charge in [0.1, 0.15) is 11.6 Å². The monoisotopic (exact) mass is 379 g/mol. The van der Waals surface area contributed by atoms with Crippen molar-refractivity contribution in [3.63, 3.8) is 0 Å². The average molecular weight is 379 g/mol. The molecule has 0 fully saturated rings. The second-order valence-electron chi connectivity index (χ2n) is 6.07. The van der Waals surface area contributed by atoms with E-state index in [4.69, 9.17) is 11.5 Å². The van der Waals surface area contributed by atoms with Gasteiger partial charge in [0.2, 0.25) is 5.91 Å². The largest absolute Gasteiger partial charge is 0.383 e. The number of hydrogen-bond acceptors (Lipinski definition) is 6. The lowest BCUT2D eigenvalue weighted by molar-refractivity contribution is -0.119. The quantitative estimate of drug-likeness (QED) is 0.448. The first-order valence-electron chi connectivity index (χ1n) is 8.49. The van der Waals surface area contributed by atoms with Gasteiger partial charge in [0.25, 0.3) is 0 Å². The van der Waals surface area contributed by atoms with Crippen LogP contribution in [0.25, 0.3) is 11.1 Å². The Labute approximate surface area is 162 Å². The fourth-order valence-electron chi connectivity index (χ4n) is 2.62. The van der Waals surface area contributed by atoms with E-state index < -0.39 is 0 Å². The minimum Gasteiger partial charge on any atom is -0.383 e. The number of nitrogens with one attached hydrogen (secondary N) is 1. The van der Waals surface area contributed by atoms with Gasteiger partial charge in [-0.15, -0.1) is 0 Å². The van der Waals surface area contributed by atoms with Gasteiger partial charge in [-0.05, 0) is 23.6 Å². The van der Waals surface area contributed by atoms with Gasteiger partial charge in [-0.1, -0.05) is 66.4 Å². The number of carbonyl (C=O) groups excluding carboxylic acids is 1. The zero-order chi connectivity index (χ0) is 19.2. The van der Waals surface area contributed by atoms with Crippen LogP contribution in [0, 0.1) is 0 Å². The van der Waals surface area contributed by atoms with E-state index in [1.807, 2.05) is 37.3 Å². The summed E-state index contributed by atoms with van der Waals surface area (Å²) < 4.78 is 0. The molecule has 0 aliphatic rings. The zero-order valence-corrected chi connectivity index (χ0v) is 15.7. The third-order valence-electron chi connectivity index (χ3n) is 3.97. The number of benzene rings is 2. The highest BCUT2D eigenvalue weighted by molar-refractivity contribution is 7.99. The Hall–Kier alpha value is -3.06. The molecule has 6 nitrogen and oxygen atoms in total. The molecule has 0 aliphatic heterocycles. The van der Waals surface area contributed by atoms with Crippen LogP contribution in [0.3, 0.4) is 0 Å². The number of thioether (sulfide) groups is 1. The van der Waals surface area contributed by atoms with Crippen molar-refractivity contribution in [2.75, 3.05) is 17.2 Å². The summed E-state index contributed by atoms with van der Waals surface area (Å²) >= 11 is 1.20. The molecule has 138 valence electrons. The number of hydrogen-bond donors (Lipinski definition) is 3. The number of nitrogens with zero attached hydrogens (tertiary/aromatic N) is 2. The van der Waals surface area contributed by atoms with Crippen LogP contribution < -0.4 is 16.8 Å². The third-order valence-corrected chi connectivity index (χ3v) is 4.82. The van der Waals surface area contributed by atoms with E-state index in [0.717, 1.165) is 11.1 Å². The van der Waals surface area contributed by atoms with Gasteiger partial charge in [-0.3, -0.25) is 4.79 Å². The molecular weight excluding hydrogens is 358 g/mol. The molecule has 2 aromatic carbocycles. The first-order valence-corrected chi connectivity index (χ1v) is 9.47. The molecule has 1 atom stereocenters. The Morgan fingerprint density at radius 3 is 2.22 bits per heavy atom. The fraction of sp³-hybridized carbons (Fsp3) is 0.150. The van der Waals surface area contributed by atoms with Crippen molar-refractivity contribution in [1.29, 1.82) is 0 Å². The van der Waals surface area contributed by atoms with Crippen molar-refractivity contribution in [3.8, 4) is 11.1 Å². The second-order valence-corrected chi connectivity index (χ2v) is 7.01. The summed E-state index contributed by atoms with van der Waals surface area (Å²) in [6.07, 6.45) is 0. The standard InChI is InChI=1S/C20H21N5OS/c1-13(14-7-9-16(10-8-14)15-5-3-2-4-6-15)23-19(26)12-27-20-24-17(21)11-18(22)25-20/h2-11,13H,12H2,1H3,(H,23,26)(H4,21,22,24,25)/t13-/m1/s1. The molecule has 5 N–H and O–H groups in total. The summed E-state index contributed by atoms with van der Waals surface area (Å²) in [5.41, 5.74) is 14.6. The first-order chi connectivity index (χ1) is 13.0. The van der Waals surface area contributed by atoms with E-state index in [1.165, 1.54) is 23.4 Å². The molecule has 1 heterocycles. The number of amides is 1. The molecule has 0 aliphatic carbocycles. The molecule has 0 unspecified atom stereocenters. The van der Waals surface area contributed by atoms with Crippen molar-refractivity contribution in [1.82, 2.24) is 15.3 Å². The van der Waals surface area contributed by atoms with Crippen LogP contribution in [0.4, 0.5) is 11.6 Å². The molecule has 0 bridgehead atoms. The predicted octanol–water partition coefficient (Wildman–Crippen LogP) is 3.28. The van der Waals surface area contributed by atoms with Crippen molar-refractivity contribution in [3.05, 3.63) is 66.2 Å². The Morgan fingerprint density at radius 2 is 1.59 bits per heavy atom. The van der Waals surface area contributed by atoms with Crippen molar-refractivity contribution in [2.24, 2.45) is 0 Å². The van der Waals surface area contributed by atoms with Gasteiger partial charge in [-0.25, -0.2) is 9.97 Å². The summed E-state index contributed by atoms with van der Waals surface area (Å²) in [7, 11) is 0. The molecule has 27 heavy (non-hydrogen) atoms. The molecule has 3 aromatic rings. The summed E-state index contributed by atoms with van der Waals surface area (Å²) in [5, 5.41) is 3.37. The molecule has 1 amide bonds. The van der Waals surface area contributed by atoms with Crippen molar-refractivity contribution in [2.45, 2.75) is 18.1 Å². The topological polar surface area (TPSA) is 107 Å².